The molecule has 0 radical (unpaired) electrons. The summed E-state index contributed by atoms with van der Waals surface area (Å²) in [5.41, 5.74) is 7.98. The van der Waals surface area contributed by atoms with Crippen molar-refractivity contribution < 1.29 is 38.8 Å². The molecule has 1 aliphatic rings. The lowest BCUT2D eigenvalue weighted by Gasteiger charge is -2.23. The molecule has 1 saturated heterocycles. The molecular weight excluding hydrogens is 521 g/mol. The molecule has 38 heavy (non-hydrogen) atoms. The molecule has 0 unspecified atom stereocenters. The first kappa shape index (κ1) is 29.3. The molecule has 0 saturated carbocycles. The van der Waals surface area contributed by atoms with E-state index in [1.54, 1.807) is 28.7 Å². The molecule has 1 aliphatic heterocycles. The van der Waals surface area contributed by atoms with E-state index < -0.39 is 51.3 Å². The summed E-state index contributed by atoms with van der Waals surface area (Å²) in [4.78, 5) is 41.7. The number of benzene rings is 1. The summed E-state index contributed by atoms with van der Waals surface area (Å²) in [5.74, 6) is 0.861. The van der Waals surface area contributed by atoms with Gasteiger partial charge in [-0.1, -0.05) is 12.1 Å². The van der Waals surface area contributed by atoms with Crippen molar-refractivity contribution in [1.29, 1.82) is 0 Å². The van der Waals surface area contributed by atoms with Gasteiger partial charge in [0, 0.05) is 18.7 Å². The van der Waals surface area contributed by atoms with Crippen LogP contribution in [0.5, 0.6) is 5.75 Å². The van der Waals surface area contributed by atoms with Crippen molar-refractivity contribution >= 4 is 31.1 Å². The third-order valence-corrected chi connectivity index (χ3v) is 5.85. The number of imidazole rings is 1. The molecule has 15 nitrogen and oxygen atoms in total. The molecule has 4 rings (SSSR count). The first-order chi connectivity index (χ1) is 18.1. The number of aliphatic hydroxyl groups excluding tert-OH is 2. The van der Waals surface area contributed by atoms with Crippen LogP contribution in [0.15, 0.2) is 36.9 Å². The van der Waals surface area contributed by atoms with E-state index in [2.05, 4.69) is 20.3 Å². The Bertz CT molecular complexity index is 1240. The smallest absolute Gasteiger partial charge is 0.497 e. The van der Waals surface area contributed by atoms with Gasteiger partial charge in [0.1, 0.15) is 24.3 Å². The summed E-state index contributed by atoms with van der Waals surface area (Å²) in [7, 11) is 2.38. The fraction of sp³-hybridized carbons (Fsp3) is 0.455. The molecule has 1 fully saturated rings. The first-order valence-corrected chi connectivity index (χ1v) is 12.6. The first-order valence-electron chi connectivity index (χ1n) is 11.4. The monoisotopic (exact) mass is 552 g/mol. The highest BCUT2D eigenvalue weighted by atomic mass is 31.1. The number of methoxy groups -OCH3 is 1. The zero-order chi connectivity index (χ0) is 28.0. The Balaban J connectivity index is 0.000000934. The number of aromatic nitrogens is 4. The van der Waals surface area contributed by atoms with Gasteiger partial charge in [0.25, 0.3) is 0 Å². The van der Waals surface area contributed by atoms with E-state index in [-0.39, 0.29) is 0 Å². The Kier molecular flexibility index (Phi) is 9.99. The number of nitrogens with zero attached hydrogens (tertiary/aromatic N) is 5. The topological polar surface area (TPSA) is 218 Å². The maximum atomic E-state index is 12.8. The highest BCUT2D eigenvalue weighted by molar-refractivity contribution is 7.30. The van der Waals surface area contributed by atoms with Gasteiger partial charge in [-0.3, -0.25) is 9.36 Å². The summed E-state index contributed by atoms with van der Waals surface area (Å²) in [6.07, 6.45) is 0.250. The van der Waals surface area contributed by atoms with Crippen molar-refractivity contribution in [3.8, 4) is 5.75 Å². The molecule has 2 aromatic heterocycles. The van der Waals surface area contributed by atoms with Crippen LogP contribution in [0.3, 0.4) is 0 Å². The van der Waals surface area contributed by atoms with Crippen molar-refractivity contribution in [3.63, 3.8) is 0 Å². The van der Waals surface area contributed by atoms with Crippen molar-refractivity contribution in [3.05, 3.63) is 42.5 Å². The summed E-state index contributed by atoms with van der Waals surface area (Å²) < 4.78 is 21.3. The van der Waals surface area contributed by atoms with Crippen LogP contribution in [0.1, 0.15) is 11.8 Å². The number of hydrogen-bond acceptors (Lipinski definition) is 11. The molecule has 1 amide bonds. The van der Waals surface area contributed by atoms with E-state index in [9.17, 15) is 15.0 Å². The molecule has 3 aromatic rings. The summed E-state index contributed by atoms with van der Waals surface area (Å²) >= 11 is 0. The summed E-state index contributed by atoms with van der Waals surface area (Å²) in [6.45, 7) is -0.406. The van der Waals surface area contributed by atoms with Gasteiger partial charge in [-0.05, 0) is 24.1 Å². The van der Waals surface area contributed by atoms with Crippen LogP contribution in [0.25, 0.3) is 11.2 Å². The molecule has 0 bridgehead atoms. The van der Waals surface area contributed by atoms with Crippen molar-refractivity contribution in [2.24, 2.45) is 5.73 Å². The third kappa shape index (κ3) is 6.76. The molecular formula is C22H31N7O8P+. The van der Waals surface area contributed by atoms with Crippen LogP contribution in [0.2, 0.25) is 0 Å². The van der Waals surface area contributed by atoms with Gasteiger partial charge in [-0.15, -0.1) is 9.79 Å². The van der Waals surface area contributed by atoms with E-state index in [1.165, 1.54) is 12.7 Å². The van der Waals surface area contributed by atoms with Gasteiger partial charge in [0.2, 0.25) is 5.91 Å². The number of carbonyl (C=O) groups is 1. The van der Waals surface area contributed by atoms with E-state index in [4.69, 9.17) is 29.6 Å². The van der Waals surface area contributed by atoms with Gasteiger partial charge in [0.05, 0.1) is 32.1 Å². The molecule has 16 heteroatoms. The standard InChI is InChI=1S/C22H29N7O5.HO3P/c1-28(2)19-17-20(25-10-24-19)29(11-26-17)22-18(31)16(15(9-30)34-22)27-21(32)14(23)8-12-4-6-13(33-3)7-5-12;1-4(2)3/h4-7,10-11,14-16,18,22,30-31H,8-9,23H2,1-3H3,(H,27,32);(H-,1,2,3)/p+1/t14-,15+,16+,18+,22+;/m0./s1. The van der Waals surface area contributed by atoms with Crippen LogP contribution in [0, 0.1) is 0 Å². The lowest BCUT2D eigenvalue weighted by molar-refractivity contribution is -0.124. The fourth-order valence-electron chi connectivity index (χ4n) is 4.04. The van der Waals surface area contributed by atoms with Crippen LogP contribution in [-0.4, -0.2) is 97.5 Å². The zero-order valence-corrected chi connectivity index (χ0v) is 21.8. The second kappa shape index (κ2) is 13.0. The zero-order valence-electron chi connectivity index (χ0n) is 20.9. The van der Waals surface area contributed by atoms with Gasteiger partial charge < -0.3 is 35.6 Å². The van der Waals surface area contributed by atoms with Crippen LogP contribution >= 0.6 is 8.25 Å². The fourth-order valence-corrected chi connectivity index (χ4v) is 4.04. The quantitative estimate of drug-likeness (QED) is 0.182. The lowest BCUT2D eigenvalue weighted by atomic mass is 10.0. The molecule has 3 heterocycles. The number of anilines is 1. The average molecular weight is 553 g/mol. The van der Waals surface area contributed by atoms with Gasteiger partial charge >= 0.3 is 8.25 Å². The van der Waals surface area contributed by atoms with Gasteiger partial charge in [0.15, 0.2) is 23.2 Å². The second-order valence-corrected chi connectivity index (χ2v) is 9.11. The number of rotatable bonds is 8. The molecule has 0 spiro atoms. The van der Waals surface area contributed by atoms with Crippen molar-refractivity contribution in [2.75, 3.05) is 32.7 Å². The van der Waals surface area contributed by atoms with Gasteiger partial charge in [-0.25, -0.2) is 15.0 Å². The minimum absolute atomic E-state index is 0.295. The third-order valence-electron chi connectivity index (χ3n) is 5.85. The summed E-state index contributed by atoms with van der Waals surface area (Å²) in [6, 6.07) is 5.52. The predicted molar refractivity (Wildman–Crippen MR) is 135 cm³/mol. The molecule has 206 valence electrons. The Morgan fingerprint density at radius 2 is 1.92 bits per heavy atom. The Hall–Kier alpha value is -3.30. The van der Waals surface area contributed by atoms with Crippen LogP contribution < -0.4 is 20.7 Å². The van der Waals surface area contributed by atoms with E-state index in [0.717, 1.165) is 5.56 Å². The Morgan fingerprint density at radius 1 is 1.26 bits per heavy atom. The SMILES string of the molecule is COc1ccc(C[C@H](N)C(=O)N[C@H]2[C@@H](O)[C@H](n3cnc4c(N(C)C)ncnc43)O[C@@H]2CO)cc1.O=[P+](O)O. The van der Waals surface area contributed by atoms with Crippen LogP contribution in [-0.2, 0) is 20.5 Å². The number of carbonyl (C=O) groups excluding carboxylic acids is 1. The van der Waals surface area contributed by atoms with Crippen molar-refractivity contribution in [2.45, 2.75) is 36.9 Å². The largest absolute Gasteiger partial charge is 0.692 e. The predicted octanol–water partition coefficient (Wildman–Crippen LogP) is -1.17. The maximum Gasteiger partial charge on any atom is 0.692 e. The number of ether oxygens (including phenoxy) is 2. The summed E-state index contributed by atoms with van der Waals surface area (Å²) in [5, 5.41) is 23.6. The minimum Gasteiger partial charge on any atom is -0.497 e. The lowest BCUT2D eigenvalue weighted by Crippen LogP contribution is -2.53. The molecule has 0 aliphatic carbocycles. The number of fused-ring (bicyclic) bond motifs is 1. The number of hydrogen-bond donors (Lipinski definition) is 6. The average Bonchev–Trinajstić information content (AvgIpc) is 3.44. The molecule has 5 atom stereocenters. The molecule has 1 aromatic carbocycles. The van der Waals surface area contributed by atoms with Crippen LogP contribution in [0.4, 0.5) is 5.82 Å². The van der Waals surface area contributed by atoms with Gasteiger partial charge in [-0.2, -0.15) is 0 Å². The Morgan fingerprint density at radius 3 is 2.50 bits per heavy atom. The number of nitrogens with two attached hydrogens (primary N) is 1. The van der Waals surface area contributed by atoms with E-state index >= 15 is 0 Å². The number of aliphatic hydroxyl groups is 2. The molecule has 7 N–H and O–H groups in total. The normalized spacial score (nSPS) is 21.4. The Labute approximate surface area is 218 Å². The highest BCUT2D eigenvalue weighted by Crippen LogP contribution is 2.32. The van der Waals surface area contributed by atoms with Crippen molar-refractivity contribution in [1.82, 2.24) is 24.8 Å². The van der Waals surface area contributed by atoms with E-state index in [0.29, 0.717) is 29.2 Å². The number of amides is 1. The number of nitrogens with one attached hydrogen (secondary N) is 1. The van der Waals surface area contributed by atoms with E-state index in [1.807, 2.05) is 26.2 Å². The maximum absolute atomic E-state index is 12.8. The highest BCUT2D eigenvalue weighted by Gasteiger charge is 2.46. The second-order valence-electron chi connectivity index (χ2n) is 8.60. The minimum atomic E-state index is -2.87.